The fraction of sp³-hybridized carbons (Fsp3) is 0.556. The van der Waals surface area contributed by atoms with Crippen LogP contribution in [0.4, 0.5) is 4.39 Å². The summed E-state index contributed by atoms with van der Waals surface area (Å²) in [6.45, 7) is 9.32. The third-order valence-corrected chi connectivity index (χ3v) is 6.43. The number of nitrogens with zero attached hydrogens (tertiary/aromatic N) is 2. The highest BCUT2D eigenvalue weighted by Crippen LogP contribution is 2.34. The maximum absolute atomic E-state index is 14.7. The molecule has 1 saturated heterocycles. The molecule has 6 heteroatoms. The number of aliphatic hydroxyl groups excluding tert-OH is 1. The Morgan fingerprint density at radius 3 is 2.67 bits per heavy atom. The van der Waals surface area contributed by atoms with Crippen molar-refractivity contribution in [3.63, 3.8) is 0 Å². The third-order valence-electron chi connectivity index (χ3n) is 6.43. The minimum Gasteiger partial charge on any atom is -0.489 e. The van der Waals surface area contributed by atoms with E-state index in [2.05, 4.69) is 47.9 Å². The molecule has 33 heavy (non-hydrogen) atoms. The molecular formula is C27H37FN2O3. The van der Waals surface area contributed by atoms with Gasteiger partial charge in [0.25, 0.3) is 0 Å². The Hall–Kier alpha value is -2.15. The highest BCUT2D eigenvalue weighted by atomic mass is 19.1. The number of hydrogen-bond donors (Lipinski definition) is 1. The van der Waals surface area contributed by atoms with Crippen molar-refractivity contribution in [3.8, 4) is 11.5 Å². The van der Waals surface area contributed by atoms with Gasteiger partial charge < -0.3 is 14.6 Å². The molecule has 4 rings (SSSR count). The number of fused-ring (bicyclic) bond motifs is 1. The number of hydrogen-bond acceptors (Lipinski definition) is 5. The first kappa shape index (κ1) is 24.0. The van der Waals surface area contributed by atoms with Crippen molar-refractivity contribution in [1.82, 2.24) is 9.80 Å². The normalized spacial score (nSPS) is 20.1. The molecule has 0 bridgehead atoms. The Morgan fingerprint density at radius 1 is 1.09 bits per heavy atom. The first-order valence-electron chi connectivity index (χ1n) is 12.3. The molecule has 0 saturated carbocycles. The average Bonchev–Trinajstić information content (AvgIpc) is 3.05. The lowest BCUT2D eigenvalue weighted by Crippen LogP contribution is -2.48. The van der Waals surface area contributed by atoms with Crippen LogP contribution >= 0.6 is 0 Å². The van der Waals surface area contributed by atoms with E-state index < -0.39 is 12.0 Å². The summed E-state index contributed by atoms with van der Waals surface area (Å²) >= 11 is 0. The lowest BCUT2D eigenvalue weighted by atomic mass is 9.94. The second-order valence-corrected chi connectivity index (χ2v) is 9.82. The van der Waals surface area contributed by atoms with E-state index in [1.165, 1.54) is 11.6 Å². The van der Waals surface area contributed by atoms with Crippen molar-refractivity contribution in [3.05, 3.63) is 59.4 Å². The van der Waals surface area contributed by atoms with Gasteiger partial charge in [-0.3, -0.25) is 9.80 Å². The summed E-state index contributed by atoms with van der Waals surface area (Å²) in [7, 11) is 0. The molecule has 2 heterocycles. The van der Waals surface area contributed by atoms with Crippen LogP contribution in [0.2, 0.25) is 0 Å². The monoisotopic (exact) mass is 456 g/mol. The Labute approximate surface area is 197 Å². The van der Waals surface area contributed by atoms with Gasteiger partial charge in [-0.15, -0.1) is 0 Å². The van der Waals surface area contributed by atoms with Crippen LogP contribution in [0, 0.1) is 17.7 Å². The van der Waals surface area contributed by atoms with E-state index in [1.807, 2.05) is 12.1 Å². The van der Waals surface area contributed by atoms with Crippen molar-refractivity contribution in [2.45, 2.75) is 52.4 Å². The Kier molecular flexibility index (Phi) is 8.23. The lowest BCUT2D eigenvalue weighted by molar-refractivity contribution is -0.0712. The van der Waals surface area contributed by atoms with Gasteiger partial charge in [0.2, 0.25) is 0 Å². The average molecular weight is 457 g/mol. The quantitative estimate of drug-likeness (QED) is 0.585. The molecule has 1 fully saturated rings. The highest BCUT2D eigenvalue weighted by Gasteiger charge is 2.31. The molecule has 0 radical (unpaired) electrons. The molecule has 2 aromatic carbocycles. The summed E-state index contributed by atoms with van der Waals surface area (Å²) in [5, 5.41) is 11.4. The summed E-state index contributed by atoms with van der Waals surface area (Å²) in [5.41, 5.74) is 2.10. The maximum atomic E-state index is 14.7. The van der Waals surface area contributed by atoms with Crippen molar-refractivity contribution >= 4 is 0 Å². The largest absolute Gasteiger partial charge is 0.489 e. The van der Waals surface area contributed by atoms with E-state index in [0.717, 1.165) is 51.0 Å². The molecule has 0 spiro atoms. The molecule has 180 valence electrons. The lowest BCUT2D eigenvalue weighted by Gasteiger charge is -2.40. The van der Waals surface area contributed by atoms with Gasteiger partial charge in [0.05, 0.1) is 13.2 Å². The van der Waals surface area contributed by atoms with E-state index in [-0.39, 0.29) is 11.7 Å². The predicted octanol–water partition coefficient (Wildman–Crippen LogP) is 4.68. The Bertz CT molecular complexity index is 892. The molecular weight excluding hydrogens is 419 g/mol. The number of benzene rings is 2. The van der Waals surface area contributed by atoms with Crippen LogP contribution in [-0.2, 0) is 13.1 Å². The van der Waals surface area contributed by atoms with Crippen LogP contribution in [0.3, 0.4) is 0 Å². The van der Waals surface area contributed by atoms with Crippen LogP contribution in [0.25, 0.3) is 0 Å². The number of ether oxygens (including phenoxy) is 2. The molecule has 2 unspecified atom stereocenters. The van der Waals surface area contributed by atoms with Gasteiger partial charge in [-0.1, -0.05) is 44.2 Å². The van der Waals surface area contributed by atoms with Crippen LogP contribution in [-0.4, -0.2) is 54.0 Å². The topological polar surface area (TPSA) is 45.2 Å². The first-order valence-corrected chi connectivity index (χ1v) is 12.3. The van der Waals surface area contributed by atoms with Crippen LogP contribution in [0.1, 0.15) is 44.2 Å². The van der Waals surface area contributed by atoms with E-state index in [9.17, 15) is 9.50 Å². The third kappa shape index (κ3) is 6.46. The van der Waals surface area contributed by atoms with Gasteiger partial charge >= 0.3 is 0 Å². The smallest absolute Gasteiger partial charge is 0.197 e. The minimum atomic E-state index is -0.579. The number of halogens is 1. The second-order valence-electron chi connectivity index (χ2n) is 9.82. The Balaban J connectivity index is 1.46. The van der Waals surface area contributed by atoms with E-state index in [1.54, 1.807) is 0 Å². The molecule has 2 atom stereocenters. The van der Waals surface area contributed by atoms with E-state index in [0.29, 0.717) is 31.4 Å². The van der Waals surface area contributed by atoms with Crippen LogP contribution < -0.4 is 9.47 Å². The van der Waals surface area contributed by atoms with Gasteiger partial charge in [0.15, 0.2) is 17.3 Å². The molecule has 2 aliphatic rings. The summed E-state index contributed by atoms with van der Waals surface area (Å²) in [5.74, 6) is 0.819. The summed E-state index contributed by atoms with van der Waals surface area (Å²) in [6, 6.07) is 13.9. The molecule has 2 aromatic rings. The zero-order chi connectivity index (χ0) is 23.2. The maximum Gasteiger partial charge on any atom is 0.197 e. The molecule has 2 aliphatic heterocycles. The second kappa shape index (κ2) is 11.3. The fourth-order valence-corrected chi connectivity index (χ4v) is 4.96. The molecule has 0 aromatic heterocycles. The fourth-order valence-electron chi connectivity index (χ4n) is 4.96. The predicted molar refractivity (Wildman–Crippen MR) is 128 cm³/mol. The standard InChI is InChI=1S/C27H37FN2O3/c1-20(2)16-30(18-22-14-24(28)26-25(15-22)32-12-7-13-33-26)27(31)23-10-6-11-29(19-23)17-21-8-4-3-5-9-21/h3-5,8-9,14-15,20,23,27,31H,6-7,10-13,16-19H2,1-2H3. The number of aliphatic hydroxyl groups is 1. The van der Waals surface area contributed by atoms with Gasteiger partial charge in [-0.05, 0) is 48.6 Å². The molecule has 1 N–H and O–H groups in total. The SMILES string of the molecule is CC(C)CN(Cc1cc(F)c2c(c1)OCCCO2)C(O)C1CCCN(Cc2ccccc2)C1. The van der Waals surface area contributed by atoms with Crippen molar-refractivity contribution < 1.29 is 19.0 Å². The van der Waals surface area contributed by atoms with Gasteiger partial charge in [0.1, 0.15) is 6.23 Å². The molecule has 5 nitrogen and oxygen atoms in total. The van der Waals surface area contributed by atoms with Gasteiger partial charge in [-0.2, -0.15) is 0 Å². The number of piperidine rings is 1. The van der Waals surface area contributed by atoms with Crippen molar-refractivity contribution in [2.24, 2.45) is 11.8 Å². The zero-order valence-corrected chi connectivity index (χ0v) is 19.9. The minimum absolute atomic E-state index is 0.159. The first-order chi connectivity index (χ1) is 16.0. The van der Waals surface area contributed by atoms with E-state index in [4.69, 9.17) is 9.47 Å². The zero-order valence-electron chi connectivity index (χ0n) is 19.9. The number of rotatable bonds is 8. The van der Waals surface area contributed by atoms with Crippen molar-refractivity contribution in [1.29, 1.82) is 0 Å². The van der Waals surface area contributed by atoms with Crippen molar-refractivity contribution in [2.75, 3.05) is 32.8 Å². The highest BCUT2D eigenvalue weighted by molar-refractivity contribution is 5.44. The molecule has 0 amide bonds. The van der Waals surface area contributed by atoms with Gasteiger partial charge in [-0.25, -0.2) is 4.39 Å². The molecule has 0 aliphatic carbocycles. The summed E-state index contributed by atoms with van der Waals surface area (Å²) < 4.78 is 26.0. The van der Waals surface area contributed by atoms with E-state index >= 15 is 0 Å². The Morgan fingerprint density at radius 2 is 1.88 bits per heavy atom. The van der Waals surface area contributed by atoms with Crippen LogP contribution in [0.15, 0.2) is 42.5 Å². The van der Waals surface area contributed by atoms with Crippen LogP contribution in [0.5, 0.6) is 11.5 Å². The van der Waals surface area contributed by atoms with Gasteiger partial charge in [0, 0.05) is 38.5 Å². The summed E-state index contributed by atoms with van der Waals surface area (Å²) in [6.07, 6.45) is 2.23. The summed E-state index contributed by atoms with van der Waals surface area (Å²) in [4.78, 5) is 4.54. The number of likely N-dealkylation sites (tertiary alicyclic amines) is 1.